The fourth-order valence-corrected chi connectivity index (χ4v) is 7.78. The Labute approximate surface area is 308 Å². The summed E-state index contributed by atoms with van der Waals surface area (Å²) in [7, 11) is 2.53. The predicted molar refractivity (Wildman–Crippen MR) is 195 cm³/mol. The van der Waals surface area contributed by atoms with Gasteiger partial charge in [-0.1, -0.05) is 56.3 Å². The van der Waals surface area contributed by atoms with E-state index in [1.807, 2.05) is 56.3 Å². The van der Waals surface area contributed by atoms with Gasteiger partial charge in [0.2, 0.25) is 5.91 Å². The summed E-state index contributed by atoms with van der Waals surface area (Å²) in [6, 6.07) is 10.6. The minimum Gasteiger partial charge on any atom is -0.454 e. The molecular formula is C37H40N8O7S. The maximum atomic E-state index is 13.9. The molecular weight excluding hydrogens is 701 g/mol. The Morgan fingerprint density at radius 1 is 0.925 bits per heavy atom. The van der Waals surface area contributed by atoms with Gasteiger partial charge in [-0.2, -0.15) is 0 Å². The zero-order valence-corrected chi connectivity index (χ0v) is 30.4. The van der Waals surface area contributed by atoms with Crippen LogP contribution in [0.15, 0.2) is 71.4 Å². The van der Waals surface area contributed by atoms with Crippen LogP contribution in [-0.2, 0) is 19.1 Å². The van der Waals surface area contributed by atoms with Crippen LogP contribution in [0.4, 0.5) is 9.59 Å². The number of ether oxygens (including phenoxy) is 2. The predicted octanol–water partition coefficient (Wildman–Crippen LogP) is 5.86. The zero-order valence-electron chi connectivity index (χ0n) is 29.6. The third kappa shape index (κ3) is 7.13. The van der Waals surface area contributed by atoms with Crippen LogP contribution in [0.5, 0.6) is 0 Å². The number of hydrogen-bond donors (Lipinski definition) is 4. The lowest BCUT2D eigenvalue weighted by Crippen LogP contribution is -2.51. The third-order valence-corrected chi connectivity index (χ3v) is 10.6. The second-order valence-electron chi connectivity index (χ2n) is 13.2. The number of hydrogen-bond acceptors (Lipinski definition) is 10. The minimum atomic E-state index is -0.897. The first-order chi connectivity index (χ1) is 25.6. The lowest BCUT2D eigenvalue weighted by Gasteiger charge is -2.29. The molecule has 0 aliphatic carbocycles. The molecule has 1 saturated heterocycles. The highest BCUT2D eigenvalue weighted by molar-refractivity contribution is 7.22. The zero-order chi connectivity index (χ0) is 37.2. The molecule has 4 N–H and O–H groups in total. The molecule has 7 rings (SSSR count). The number of aromatic amines is 2. The van der Waals surface area contributed by atoms with Crippen molar-refractivity contribution in [3.63, 3.8) is 0 Å². The van der Waals surface area contributed by atoms with Gasteiger partial charge in [-0.3, -0.25) is 9.59 Å². The maximum absolute atomic E-state index is 13.9. The summed E-state index contributed by atoms with van der Waals surface area (Å²) >= 11 is 1.54. The van der Waals surface area contributed by atoms with Crippen molar-refractivity contribution in [1.82, 2.24) is 40.4 Å². The number of furan rings is 1. The topological polar surface area (TPSA) is 188 Å². The lowest BCUT2D eigenvalue weighted by atomic mass is 10.0. The van der Waals surface area contributed by atoms with Crippen LogP contribution in [0.3, 0.4) is 0 Å². The van der Waals surface area contributed by atoms with E-state index in [1.165, 1.54) is 25.6 Å². The molecule has 6 heterocycles. The van der Waals surface area contributed by atoms with E-state index in [9.17, 15) is 19.2 Å². The van der Waals surface area contributed by atoms with Crippen LogP contribution in [0.2, 0.25) is 0 Å². The summed E-state index contributed by atoms with van der Waals surface area (Å²) in [5.41, 5.74) is 2.82. The molecule has 53 heavy (non-hydrogen) atoms. The normalized spacial score (nSPS) is 18.1. The summed E-state index contributed by atoms with van der Waals surface area (Å²) in [5, 5.41) is 5.34. The van der Waals surface area contributed by atoms with E-state index in [-0.39, 0.29) is 23.8 Å². The number of methoxy groups -OCH3 is 2. The molecule has 0 spiro atoms. The van der Waals surface area contributed by atoms with Crippen molar-refractivity contribution in [2.75, 3.05) is 27.3 Å². The third-order valence-electron chi connectivity index (χ3n) is 9.52. The van der Waals surface area contributed by atoms with Crippen molar-refractivity contribution in [2.45, 2.75) is 50.9 Å². The molecule has 2 aliphatic rings. The van der Waals surface area contributed by atoms with Gasteiger partial charge in [0.25, 0.3) is 5.91 Å². The van der Waals surface area contributed by atoms with E-state index in [2.05, 4.69) is 30.6 Å². The van der Waals surface area contributed by atoms with Gasteiger partial charge >= 0.3 is 12.2 Å². The molecule has 1 fully saturated rings. The monoisotopic (exact) mass is 740 g/mol. The van der Waals surface area contributed by atoms with Crippen molar-refractivity contribution in [3.8, 4) is 22.0 Å². The fourth-order valence-electron chi connectivity index (χ4n) is 6.80. The van der Waals surface area contributed by atoms with Crippen LogP contribution >= 0.6 is 11.3 Å². The molecule has 0 radical (unpaired) electrons. The molecule has 2 aliphatic heterocycles. The van der Waals surface area contributed by atoms with Gasteiger partial charge in [0.1, 0.15) is 41.1 Å². The largest absolute Gasteiger partial charge is 0.454 e. The number of H-pyrrole nitrogens is 2. The number of benzene rings is 1. The molecule has 15 nitrogen and oxygen atoms in total. The van der Waals surface area contributed by atoms with Gasteiger partial charge in [-0.15, -0.1) is 11.3 Å². The molecule has 4 aromatic heterocycles. The first kappa shape index (κ1) is 35.5. The van der Waals surface area contributed by atoms with Gasteiger partial charge in [0.15, 0.2) is 5.76 Å². The average Bonchev–Trinajstić information content (AvgIpc) is 4.00. The van der Waals surface area contributed by atoms with Crippen LogP contribution in [0.1, 0.15) is 62.0 Å². The first-order valence-electron chi connectivity index (χ1n) is 17.3. The summed E-state index contributed by atoms with van der Waals surface area (Å²) in [6.07, 6.45) is 7.43. The molecule has 0 saturated carbocycles. The number of nitrogens with one attached hydrogen (secondary N) is 4. The van der Waals surface area contributed by atoms with E-state index >= 15 is 0 Å². The summed E-state index contributed by atoms with van der Waals surface area (Å²) in [6.45, 7) is 4.65. The number of thiophene rings is 1. The van der Waals surface area contributed by atoms with Gasteiger partial charge in [-0.05, 0) is 24.3 Å². The van der Waals surface area contributed by atoms with Crippen molar-refractivity contribution in [1.29, 1.82) is 0 Å². The van der Waals surface area contributed by atoms with Crippen molar-refractivity contribution in [2.24, 2.45) is 5.92 Å². The summed E-state index contributed by atoms with van der Waals surface area (Å²) in [4.78, 5) is 71.8. The highest BCUT2D eigenvalue weighted by Crippen LogP contribution is 2.39. The summed E-state index contributed by atoms with van der Waals surface area (Å²) in [5.74, 6) is 1.22. The molecule has 4 amide bonds. The number of carbonyl (C=O) groups excluding carboxylic acids is 4. The van der Waals surface area contributed by atoms with Gasteiger partial charge in [0.05, 0.1) is 47.9 Å². The molecule has 0 bridgehead atoms. The molecule has 1 aromatic carbocycles. The Morgan fingerprint density at radius 2 is 1.64 bits per heavy atom. The van der Waals surface area contributed by atoms with Crippen LogP contribution in [0, 0.1) is 5.92 Å². The van der Waals surface area contributed by atoms with E-state index in [4.69, 9.17) is 13.9 Å². The molecule has 5 aromatic rings. The van der Waals surface area contributed by atoms with E-state index in [1.54, 1.807) is 34.3 Å². The highest BCUT2D eigenvalue weighted by Gasteiger charge is 2.38. The van der Waals surface area contributed by atoms with E-state index < -0.39 is 30.3 Å². The van der Waals surface area contributed by atoms with Gasteiger partial charge in [0, 0.05) is 25.2 Å². The van der Waals surface area contributed by atoms with Crippen molar-refractivity contribution < 1.29 is 33.1 Å². The average molecular weight is 741 g/mol. The number of likely N-dealkylation sites (tertiary alicyclic amines) is 1. The van der Waals surface area contributed by atoms with E-state index in [0.29, 0.717) is 47.3 Å². The number of alkyl carbamates (subject to hydrolysis) is 2. The Kier molecular flexibility index (Phi) is 10.0. The maximum Gasteiger partial charge on any atom is 0.407 e. The van der Waals surface area contributed by atoms with Crippen LogP contribution < -0.4 is 10.6 Å². The smallest absolute Gasteiger partial charge is 0.407 e. The number of amides is 4. The van der Waals surface area contributed by atoms with Crippen LogP contribution in [-0.4, -0.2) is 87.1 Å². The molecule has 16 heteroatoms. The van der Waals surface area contributed by atoms with Gasteiger partial charge < -0.3 is 44.3 Å². The van der Waals surface area contributed by atoms with Crippen LogP contribution in [0.25, 0.3) is 32.3 Å². The fraction of sp³-hybridized carbons (Fsp3) is 0.351. The number of rotatable bonds is 10. The first-order valence-corrected chi connectivity index (χ1v) is 18.1. The highest BCUT2D eigenvalue weighted by atomic mass is 32.1. The van der Waals surface area contributed by atoms with Crippen molar-refractivity contribution >= 4 is 45.6 Å². The quantitative estimate of drug-likeness (QED) is 0.127. The summed E-state index contributed by atoms with van der Waals surface area (Å²) < 4.78 is 16.7. The van der Waals surface area contributed by atoms with Crippen molar-refractivity contribution in [3.05, 3.63) is 84.2 Å². The molecule has 2 unspecified atom stereocenters. The molecule has 276 valence electrons. The minimum absolute atomic E-state index is 0.152. The van der Waals surface area contributed by atoms with E-state index in [0.717, 1.165) is 28.1 Å². The number of nitrogens with zero attached hydrogens (tertiary/aromatic N) is 4. The number of aromatic nitrogens is 4. The SMILES string of the molecule is COC(=O)N[C@H](C(=O)N1CC=CC1c1ncc(-c2cc3sc(-c4cnc(C5CCCN5C(=O)[C@H](NC(=O)OC)c5ccccc5)[nH]4)cc3o2)[nH]1)C(C)C. The Bertz CT molecular complexity index is 2120. The van der Waals surface area contributed by atoms with Gasteiger partial charge in [-0.25, -0.2) is 19.6 Å². The number of carbonyl (C=O) groups is 4. The Hall–Kier alpha value is -5.90. The standard InChI is InChI=1S/C37H40N8O7S/c1-20(2)30(42-36(48)50-3)34(46)44-14-8-12-24(44)32-38-18-22(40-32)26-16-29-27(52-26)17-28(53-29)23-19-39-33(41-23)25-13-9-15-45(25)35(47)31(43-37(49)51-4)21-10-6-5-7-11-21/h5-8,10-12,16-20,24-25,30-31H,9,13-15H2,1-4H3,(H,38,40)(H,39,41)(H,42,48)(H,43,49)/t24?,25?,30-,31+/m0/s1. The second-order valence-corrected chi connectivity index (χ2v) is 14.3. The number of imidazole rings is 2. The second kappa shape index (κ2) is 15.0. The Balaban J connectivity index is 1.05. The molecule has 4 atom stereocenters. The lowest BCUT2D eigenvalue weighted by molar-refractivity contribution is -0.135. The number of fused-ring (bicyclic) bond motifs is 1. The Morgan fingerprint density at radius 3 is 2.38 bits per heavy atom.